The van der Waals surface area contributed by atoms with E-state index in [1.165, 1.54) is 87.5 Å². The smallest absolute Gasteiger partial charge is 0.0541 e. The van der Waals surface area contributed by atoms with Gasteiger partial charge >= 0.3 is 0 Å². The fourth-order valence-corrected chi connectivity index (χ4v) is 7.77. The average molecular weight is 622 g/mol. The van der Waals surface area contributed by atoms with Gasteiger partial charge in [-0.1, -0.05) is 146 Å². The van der Waals surface area contributed by atoms with Crippen molar-refractivity contribution in [2.24, 2.45) is 0 Å². The van der Waals surface area contributed by atoms with Gasteiger partial charge in [0.05, 0.1) is 11.0 Å². The minimum Gasteiger partial charge on any atom is -0.309 e. The molecule has 0 spiro atoms. The number of hydrogen-bond acceptors (Lipinski definition) is 0. The summed E-state index contributed by atoms with van der Waals surface area (Å²) in [5.41, 5.74) is 11.0. The first-order valence-electron chi connectivity index (χ1n) is 16.9. The second-order valence-corrected chi connectivity index (χ2v) is 13.0. The number of aromatic nitrogens is 1. The molecule has 1 aromatic heterocycles. The first kappa shape index (κ1) is 27.7. The van der Waals surface area contributed by atoms with E-state index in [0.717, 1.165) is 5.69 Å². The van der Waals surface area contributed by atoms with Crippen LogP contribution in [-0.2, 0) is 0 Å². The van der Waals surface area contributed by atoms with Gasteiger partial charge in [0.1, 0.15) is 0 Å². The Morgan fingerprint density at radius 1 is 0.265 bits per heavy atom. The van der Waals surface area contributed by atoms with Gasteiger partial charge in [-0.3, -0.25) is 0 Å². The molecule has 49 heavy (non-hydrogen) atoms. The van der Waals surface area contributed by atoms with Gasteiger partial charge in [0.15, 0.2) is 0 Å². The molecule has 0 saturated heterocycles. The molecular weight excluding hydrogens is 591 g/mol. The number of hydrogen-bond donors (Lipinski definition) is 0. The molecule has 0 N–H and O–H groups in total. The first-order valence-corrected chi connectivity index (χ1v) is 16.9. The summed E-state index contributed by atoms with van der Waals surface area (Å²) < 4.78 is 2.40. The Morgan fingerprint density at radius 2 is 0.755 bits per heavy atom. The largest absolute Gasteiger partial charge is 0.309 e. The maximum absolute atomic E-state index is 2.40. The molecule has 0 radical (unpaired) electrons. The summed E-state index contributed by atoms with van der Waals surface area (Å²) in [6.07, 6.45) is 0. The summed E-state index contributed by atoms with van der Waals surface area (Å²) in [5, 5.41) is 10.1. The predicted octanol–water partition coefficient (Wildman–Crippen LogP) is 13.2. The van der Waals surface area contributed by atoms with E-state index in [2.05, 4.69) is 193 Å². The molecule has 0 atom stereocenters. The van der Waals surface area contributed by atoms with E-state index in [4.69, 9.17) is 0 Å². The first-order chi connectivity index (χ1) is 24.3. The lowest BCUT2D eigenvalue weighted by molar-refractivity contribution is 1.18. The van der Waals surface area contributed by atoms with Crippen LogP contribution in [0.4, 0.5) is 0 Å². The molecule has 1 heteroatoms. The second kappa shape index (κ2) is 11.1. The van der Waals surface area contributed by atoms with Gasteiger partial charge in [-0.25, -0.2) is 0 Å². The van der Waals surface area contributed by atoms with E-state index in [-0.39, 0.29) is 0 Å². The van der Waals surface area contributed by atoms with E-state index in [9.17, 15) is 0 Å². The van der Waals surface area contributed by atoms with E-state index in [1.807, 2.05) is 0 Å². The van der Waals surface area contributed by atoms with Crippen molar-refractivity contribution in [3.05, 3.63) is 188 Å². The maximum atomic E-state index is 2.40. The third kappa shape index (κ3) is 4.55. The average Bonchev–Trinajstić information content (AvgIpc) is 3.51. The van der Waals surface area contributed by atoms with Crippen LogP contribution in [0, 0.1) is 0 Å². The monoisotopic (exact) mass is 621 g/mol. The molecule has 0 fully saturated rings. The molecule has 10 aromatic rings. The lowest BCUT2D eigenvalue weighted by Gasteiger charge is -2.11. The van der Waals surface area contributed by atoms with Crippen LogP contribution < -0.4 is 0 Å². The highest BCUT2D eigenvalue weighted by molar-refractivity contribution is 6.11. The van der Waals surface area contributed by atoms with Crippen molar-refractivity contribution < 1.29 is 0 Å². The quantitative estimate of drug-likeness (QED) is 0.184. The summed E-state index contributed by atoms with van der Waals surface area (Å²) in [5.74, 6) is 0. The van der Waals surface area contributed by atoms with Gasteiger partial charge in [-0.2, -0.15) is 0 Å². The van der Waals surface area contributed by atoms with Crippen LogP contribution in [0.15, 0.2) is 188 Å². The molecule has 1 nitrogen and oxygen atoms in total. The van der Waals surface area contributed by atoms with Crippen LogP contribution in [0.5, 0.6) is 0 Å². The molecular formula is C48H31N. The highest BCUT2D eigenvalue weighted by atomic mass is 15.0. The highest BCUT2D eigenvalue weighted by Crippen LogP contribution is 2.38. The van der Waals surface area contributed by atoms with Crippen molar-refractivity contribution in [1.29, 1.82) is 0 Å². The van der Waals surface area contributed by atoms with Crippen molar-refractivity contribution in [2.75, 3.05) is 0 Å². The lowest BCUT2D eigenvalue weighted by atomic mass is 9.95. The molecule has 0 aliphatic heterocycles. The Balaban J connectivity index is 1.02. The van der Waals surface area contributed by atoms with Crippen molar-refractivity contribution in [3.63, 3.8) is 0 Å². The van der Waals surface area contributed by atoms with Crippen molar-refractivity contribution in [1.82, 2.24) is 4.57 Å². The Morgan fingerprint density at radius 3 is 1.45 bits per heavy atom. The summed E-state index contributed by atoms with van der Waals surface area (Å²) >= 11 is 0. The molecule has 10 rings (SSSR count). The van der Waals surface area contributed by atoms with Gasteiger partial charge in [0, 0.05) is 16.5 Å². The normalized spacial score (nSPS) is 11.7. The Hall–Kier alpha value is -6.44. The van der Waals surface area contributed by atoms with Gasteiger partial charge in [-0.15, -0.1) is 0 Å². The molecule has 0 unspecified atom stereocenters. The zero-order chi connectivity index (χ0) is 32.3. The fourth-order valence-electron chi connectivity index (χ4n) is 7.77. The summed E-state index contributed by atoms with van der Waals surface area (Å²) in [7, 11) is 0. The van der Waals surface area contributed by atoms with Crippen molar-refractivity contribution in [2.45, 2.75) is 0 Å². The third-order valence-corrected chi connectivity index (χ3v) is 10.2. The highest BCUT2D eigenvalue weighted by Gasteiger charge is 2.14. The van der Waals surface area contributed by atoms with Crippen LogP contribution in [0.2, 0.25) is 0 Å². The van der Waals surface area contributed by atoms with Crippen LogP contribution in [0.3, 0.4) is 0 Å². The number of fused-ring (bicyclic) bond motifs is 6. The van der Waals surface area contributed by atoms with E-state index in [0.29, 0.717) is 0 Å². The zero-order valence-corrected chi connectivity index (χ0v) is 26.8. The topological polar surface area (TPSA) is 4.93 Å². The van der Waals surface area contributed by atoms with Crippen LogP contribution in [0.1, 0.15) is 0 Å². The molecule has 9 aromatic carbocycles. The molecule has 0 amide bonds. The van der Waals surface area contributed by atoms with Gasteiger partial charge in [0.2, 0.25) is 0 Å². The van der Waals surface area contributed by atoms with E-state index >= 15 is 0 Å². The SMILES string of the molecule is c1ccc2c(-c3ccc4cc(-c5ccc(-n6c7ccccc7c7cc(-c8cccc9ccccc89)ccc76)cc5)ccc4c3)cccc2c1. The van der Waals surface area contributed by atoms with Crippen molar-refractivity contribution >= 4 is 54.1 Å². The second-order valence-electron chi connectivity index (χ2n) is 13.0. The van der Waals surface area contributed by atoms with Gasteiger partial charge in [0.25, 0.3) is 0 Å². The molecule has 228 valence electrons. The number of rotatable bonds is 4. The lowest BCUT2D eigenvalue weighted by Crippen LogP contribution is -1.93. The van der Waals surface area contributed by atoms with Crippen LogP contribution >= 0.6 is 0 Å². The molecule has 0 aliphatic rings. The molecule has 0 aliphatic carbocycles. The van der Waals surface area contributed by atoms with Gasteiger partial charge in [-0.05, 0) is 108 Å². The standard InChI is InChI=1S/C48H31N/c1-3-13-41-33(9-1)11-7-16-43(41)38-22-21-36-29-35(19-20-37(36)30-38)32-23-26-40(27-24-32)49-47-18-6-5-15-45(47)46-31-39(25-28-48(46)49)44-17-8-12-34-10-2-4-14-42(34)44/h1-31H. The molecule has 0 saturated carbocycles. The molecule has 1 heterocycles. The third-order valence-electron chi connectivity index (χ3n) is 10.2. The summed E-state index contributed by atoms with van der Waals surface area (Å²) in [4.78, 5) is 0. The van der Waals surface area contributed by atoms with Crippen LogP contribution in [0.25, 0.3) is 93.2 Å². The minimum absolute atomic E-state index is 1.16. The Bertz CT molecular complexity index is 2860. The van der Waals surface area contributed by atoms with Gasteiger partial charge < -0.3 is 4.57 Å². The summed E-state index contributed by atoms with van der Waals surface area (Å²) in [6, 6.07) is 68.8. The van der Waals surface area contributed by atoms with Crippen molar-refractivity contribution in [3.8, 4) is 39.1 Å². The van der Waals surface area contributed by atoms with E-state index < -0.39 is 0 Å². The number of nitrogens with zero attached hydrogens (tertiary/aromatic N) is 1. The maximum Gasteiger partial charge on any atom is 0.0541 e. The Kier molecular flexibility index (Phi) is 6.25. The number of para-hydroxylation sites is 1. The number of benzene rings is 9. The zero-order valence-electron chi connectivity index (χ0n) is 26.8. The minimum atomic E-state index is 1.16. The van der Waals surface area contributed by atoms with Crippen LogP contribution in [-0.4, -0.2) is 4.57 Å². The van der Waals surface area contributed by atoms with E-state index in [1.54, 1.807) is 0 Å². The predicted molar refractivity (Wildman–Crippen MR) is 210 cm³/mol. The Labute approximate surface area is 284 Å². The molecule has 0 bridgehead atoms. The summed E-state index contributed by atoms with van der Waals surface area (Å²) in [6.45, 7) is 0. The fraction of sp³-hybridized carbons (Fsp3) is 0.